The zero-order valence-corrected chi connectivity index (χ0v) is 22.4. The molecule has 2 aromatic carbocycles. The first-order valence-electron chi connectivity index (χ1n) is 13.5. The van der Waals surface area contributed by atoms with Gasteiger partial charge in [0, 0.05) is 60.6 Å². The summed E-state index contributed by atoms with van der Waals surface area (Å²) in [6.45, 7) is 8.21. The number of benzene rings is 2. The molecule has 0 aliphatic carbocycles. The molecule has 0 unspecified atom stereocenters. The van der Waals surface area contributed by atoms with Crippen LogP contribution in [0.1, 0.15) is 5.56 Å². The van der Waals surface area contributed by atoms with E-state index in [0.29, 0.717) is 0 Å². The minimum Gasteiger partial charge on any atom is -0.354 e. The van der Waals surface area contributed by atoms with Crippen LogP contribution in [0.4, 0.5) is 11.5 Å². The molecule has 0 bridgehead atoms. The van der Waals surface area contributed by atoms with Crippen LogP contribution in [0.15, 0.2) is 91.9 Å². The molecular formula is C32H30N8. The fourth-order valence-corrected chi connectivity index (χ4v) is 5.39. The third-order valence-electron chi connectivity index (χ3n) is 7.64. The normalized spacial score (nSPS) is 14.2. The third-order valence-corrected chi connectivity index (χ3v) is 7.64. The smallest absolute Gasteiger partial charge is 0.138 e. The van der Waals surface area contributed by atoms with Crippen LogP contribution < -0.4 is 10.2 Å². The highest BCUT2D eigenvalue weighted by molar-refractivity contribution is 6.00. The van der Waals surface area contributed by atoms with E-state index < -0.39 is 0 Å². The SMILES string of the molecule is C=C(Nc1cncc(-c2ccc3[nH]nc(-c4cc5c(N6CCN(C)CC6)nccc5[nH]4)c3c2)c1)c1ccccc1. The van der Waals surface area contributed by atoms with Crippen molar-refractivity contribution in [2.24, 2.45) is 0 Å². The van der Waals surface area contributed by atoms with E-state index >= 15 is 0 Å². The third kappa shape index (κ3) is 4.48. The summed E-state index contributed by atoms with van der Waals surface area (Å²) >= 11 is 0. The van der Waals surface area contributed by atoms with E-state index in [-0.39, 0.29) is 0 Å². The number of aromatic amines is 2. The molecule has 0 saturated carbocycles. The van der Waals surface area contributed by atoms with Gasteiger partial charge >= 0.3 is 0 Å². The van der Waals surface area contributed by atoms with E-state index in [1.807, 2.05) is 55.0 Å². The zero-order valence-electron chi connectivity index (χ0n) is 22.4. The predicted octanol–water partition coefficient (Wildman–Crippen LogP) is 6.00. The second-order valence-corrected chi connectivity index (χ2v) is 10.3. The molecule has 1 fully saturated rings. The standard InChI is InChI=1S/C32H30N8/c1-21(22-6-4-3-5-7-22)35-25-16-24(19-33-20-25)23-8-9-29-26(17-23)31(38-37-29)30-18-27-28(36-30)10-11-34-32(27)40-14-12-39(2)13-15-40/h3-11,16-20,35-36H,1,12-15H2,2H3,(H,37,38). The Bertz CT molecular complexity index is 1830. The van der Waals surface area contributed by atoms with Crippen molar-refractivity contribution in [1.29, 1.82) is 0 Å². The number of H-pyrrole nitrogens is 2. The van der Waals surface area contributed by atoms with Gasteiger partial charge in [0.1, 0.15) is 11.5 Å². The van der Waals surface area contributed by atoms with Gasteiger partial charge in [-0.1, -0.05) is 43.0 Å². The van der Waals surface area contributed by atoms with Crippen molar-refractivity contribution in [3.8, 4) is 22.5 Å². The van der Waals surface area contributed by atoms with Crippen molar-refractivity contribution in [2.45, 2.75) is 0 Å². The van der Waals surface area contributed by atoms with E-state index in [1.54, 1.807) is 0 Å². The lowest BCUT2D eigenvalue weighted by Gasteiger charge is -2.33. The summed E-state index contributed by atoms with van der Waals surface area (Å²) < 4.78 is 0. The molecule has 0 amide bonds. The quantitative estimate of drug-likeness (QED) is 0.247. The summed E-state index contributed by atoms with van der Waals surface area (Å²) in [6.07, 6.45) is 5.59. The van der Waals surface area contributed by atoms with Crippen LogP contribution in [0.3, 0.4) is 0 Å². The molecule has 1 aliphatic heterocycles. The van der Waals surface area contributed by atoms with Crippen LogP contribution in [0.2, 0.25) is 0 Å². The fourth-order valence-electron chi connectivity index (χ4n) is 5.39. The average molecular weight is 527 g/mol. The van der Waals surface area contributed by atoms with Gasteiger partial charge in [-0.3, -0.25) is 10.1 Å². The number of hydrogen-bond acceptors (Lipinski definition) is 6. The van der Waals surface area contributed by atoms with Gasteiger partial charge in [-0.2, -0.15) is 5.10 Å². The van der Waals surface area contributed by atoms with Crippen LogP contribution in [0.5, 0.6) is 0 Å². The van der Waals surface area contributed by atoms with Gasteiger partial charge in [0.2, 0.25) is 0 Å². The molecule has 0 radical (unpaired) electrons. The molecule has 5 heterocycles. The van der Waals surface area contributed by atoms with Crippen molar-refractivity contribution < 1.29 is 0 Å². The van der Waals surface area contributed by atoms with Crippen LogP contribution >= 0.6 is 0 Å². The van der Waals surface area contributed by atoms with Crippen LogP contribution in [-0.4, -0.2) is 63.3 Å². The highest BCUT2D eigenvalue weighted by Gasteiger charge is 2.20. The van der Waals surface area contributed by atoms with Gasteiger partial charge < -0.3 is 20.1 Å². The van der Waals surface area contributed by atoms with Crippen LogP contribution in [0.25, 0.3) is 50.0 Å². The van der Waals surface area contributed by atoms with Gasteiger partial charge in [0.05, 0.1) is 28.6 Å². The lowest BCUT2D eigenvalue weighted by atomic mass is 10.0. The lowest BCUT2D eigenvalue weighted by Crippen LogP contribution is -2.44. The molecule has 0 atom stereocenters. The number of anilines is 2. The minimum absolute atomic E-state index is 0.830. The number of aromatic nitrogens is 5. The number of hydrogen-bond donors (Lipinski definition) is 3. The van der Waals surface area contributed by atoms with E-state index in [9.17, 15) is 0 Å². The summed E-state index contributed by atoms with van der Waals surface area (Å²) in [5.74, 6) is 1.03. The van der Waals surface area contributed by atoms with Gasteiger partial charge in [0.15, 0.2) is 0 Å². The number of fused-ring (bicyclic) bond motifs is 2. The summed E-state index contributed by atoms with van der Waals surface area (Å²) in [6, 6.07) is 22.7. The van der Waals surface area contributed by atoms with Gasteiger partial charge in [-0.25, -0.2) is 4.98 Å². The average Bonchev–Trinajstić information content (AvgIpc) is 3.62. The number of piperazine rings is 1. The molecule has 8 heteroatoms. The Labute approximate surface area is 232 Å². The Morgan fingerprint density at radius 1 is 0.875 bits per heavy atom. The Hall–Kier alpha value is -4.95. The molecule has 0 spiro atoms. The summed E-state index contributed by atoms with van der Waals surface area (Å²) in [5.41, 5.74) is 8.73. The van der Waals surface area contributed by atoms with Crippen molar-refractivity contribution >= 4 is 39.0 Å². The van der Waals surface area contributed by atoms with Gasteiger partial charge in [-0.15, -0.1) is 0 Å². The van der Waals surface area contributed by atoms with E-state index in [0.717, 1.165) is 93.3 Å². The molecule has 3 N–H and O–H groups in total. The highest BCUT2D eigenvalue weighted by Crippen LogP contribution is 2.34. The second-order valence-electron chi connectivity index (χ2n) is 10.3. The largest absolute Gasteiger partial charge is 0.354 e. The van der Waals surface area contributed by atoms with E-state index in [1.165, 1.54) is 0 Å². The Kier molecular flexibility index (Phi) is 6.02. The zero-order chi connectivity index (χ0) is 27.1. The van der Waals surface area contributed by atoms with Crippen molar-refractivity contribution in [3.63, 3.8) is 0 Å². The molecule has 8 nitrogen and oxygen atoms in total. The molecule has 6 aromatic rings. The van der Waals surface area contributed by atoms with Crippen LogP contribution in [0, 0.1) is 0 Å². The summed E-state index contributed by atoms with van der Waals surface area (Å²) in [5, 5.41) is 13.5. The maximum atomic E-state index is 4.75. The first-order valence-corrected chi connectivity index (χ1v) is 13.5. The minimum atomic E-state index is 0.830. The Morgan fingerprint density at radius 2 is 1.73 bits per heavy atom. The maximum Gasteiger partial charge on any atom is 0.138 e. The van der Waals surface area contributed by atoms with Crippen LogP contribution in [-0.2, 0) is 0 Å². The number of likely N-dealkylation sites (N-methyl/N-ethyl adjacent to an activating group) is 1. The molecular weight excluding hydrogens is 496 g/mol. The van der Waals surface area contributed by atoms with E-state index in [4.69, 9.17) is 10.1 Å². The fraction of sp³-hybridized carbons (Fsp3) is 0.156. The number of nitrogens with one attached hydrogen (secondary N) is 3. The van der Waals surface area contributed by atoms with Gasteiger partial charge in [-0.05, 0) is 48.5 Å². The number of nitrogens with zero attached hydrogens (tertiary/aromatic N) is 5. The molecule has 40 heavy (non-hydrogen) atoms. The lowest BCUT2D eigenvalue weighted by molar-refractivity contribution is 0.312. The predicted molar refractivity (Wildman–Crippen MR) is 163 cm³/mol. The maximum absolute atomic E-state index is 4.75. The second kappa shape index (κ2) is 9.98. The van der Waals surface area contributed by atoms with Gasteiger partial charge in [0.25, 0.3) is 0 Å². The highest BCUT2D eigenvalue weighted by atomic mass is 15.3. The molecule has 1 saturated heterocycles. The van der Waals surface area contributed by atoms with Crippen molar-refractivity contribution in [1.82, 2.24) is 30.0 Å². The Balaban J connectivity index is 1.21. The van der Waals surface area contributed by atoms with Crippen molar-refractivity contribution in [2.75, 3.05) is 43.4 Å². The number of pyridine rings is 2. The Morgan fingerprint density at radius 3 is 2.58 bits per heavy atom. The topological polar surface area (TPSA) is 88.8 Å². The van der Waals surface area contributed by atoms with Crippen molar-refractivity contribution in [3.05, 3.63) is 97.5 Å². The summed E-state index contributed by atoms with van der Waals surface area (Å²) in [7, 11) is 2.17. The first kappa shape index (κ1) is 24.1. The molecule has 1 aliphatic rings. The first-order chi connectivity index (χ1) is 19.6. The molecule has 4 aromatic heterocycles. The van der Waals surface area contributed by atoms with E-state index in [2.05, 4.69) is 74.1 Å². The summed E-state index contributed by atoms with van der Waals surface area (Å²) in [4.78, 5) is 17.6. The number of rotatable bonds is 6. The molecule has 7 rings (SSSR count). The molecule has 198 valence electrons. The monoisotopic (exact) mass is 526 g/mol.